The van der Waals surface area contributed by atoms with Crippen LogP contribution in [-0.4, -0.2) is 69.2 Å². The molecule has 2 aliphatic rings. The fourth-order valence-corrected chi connectivity index (χ4v) is 1.64. The fraction of sp³-hybridized carbons (Fsp3) is 0.615. The molecule has 0 aliphatic carbocycles. The Kier molecular flexibility index (Phi) is 3.73. The quantitative estimate of drug-likeness (QED) is 0.501. The highest BCUT2D eigenvalue weighted by Crippen LogP contribution is 2.20. The summed E-state index contributed by atoms with van der Waals surface area (Å²) in [7, 11) is 7.47. The van der Waals surface area contributed by atoms with Crippen molar-refractivity contribution in [3.8, 4) is 0 Å². The van der Waals surface area contributed by atoms with Crippen molar-refractivity contribution in [2.75, 3.05) is 41.4 Å². The molecule has 2 aliphatic heterocycles. The Balaban J connectivity index is 2.19. The molecule has 2 unspecified atom stereocenters. The van der Waals surface area contributed by atoms with E-state index in [0.29, 0.717) is 24.6 Å². The van der Waals surface area contributed by atoms with Crippen LogP contribution in [0.2, 0.25) is 0 Å². The van der Waals surface area contributed by atoms with Gasteiger partial charge in [-0.3, -0.25) is 4.79 Å². The highest BCUT2D eigenvalue weighted by Gasteiger charge is 2.28. The van der Waals surface area contributed by atoms with E-state index in [1.807, 2.05) is 50.1 Å². The Morgan fingerprint density at radius 2 is 1.28 bits per heavy atom. The molecule has 0 aromatic carbocycles. The summed E-state index contributed by atoms with van der Waals surface area (Å²) in [5, 5.41) is 0. The molecule has 0 radical (unpaired) electrons. The molecule has 100 valence electrons. The van der Waals surface area contributed by atoms with Crippen molar-refractivity contribution in [2.24, 2.45) is 0 Å². The molecule has 0 aromatic rings. The molecule has 2 rings (SSSR count). The van der Waals surface area contributed by atoms with Gasteiger partial charge in [-0.15, -0.1) is 0 Å². The summed E-state index contributed by atoms with van der Waals surface area (Å²) in [5.74, 6) is 0.0102. The molecular formula is C13H20N2O3. The van der Waals surface area contributed by atoms with Gasteiger partial charge in [0.25, 0.3) is 0 Å². The summed E-state index contributed by atoms with van der Waals surface area (Å²) in [6, 6.07) is 0. The Hall–Kier alpha value is -1.33. The van der Waals surface area contributed by atoms with Crippen LogP contribution in [0.3, 0.4) is 0 Å². The van der Waals surface area contributed by atoms with Crippen LogP contribution in [0.5, 0.6) is 0 Å². The Labute approximate surface area is 108 Å². The topological polar surface area (TPSA) is 48.6 Å². The molecule has 0 spiro atoms. The van der Waals surface area contributed by atoms with E-state index in [9.17, 15) is 4.79 Å². The van der Waals surface area contributed by atoms with Gasteiger partial charge in [0.15, 0.2) is 0 Å². The summed E-state index contributed by atoms with van der Waals surface area (Å²) in [5.41, 5.74) is 1.33. The van der Waals surface area contributed by atoms with Crippen LogP contribution in [0.4, 0.5) is 0 Å². The van der Waals surface area contributed by atoms with Crippen LogP contribution in [0.15, 0.2) is 23.5 Å². The van der Waals surface area contributed by atoms with Crippen LogP contribution in [0.1, 0.15) is 0 Å². The Morgan fingerprint density at radius 1 is 0.944 bits per heavy atom. The van der Waals surface area contributed by atoms with Crippen LogP contribution in [0, 0.1) is 0 Å². The maximum absolute atomic E-state index is 12.5. The van der Waals surface area contributed by atoms with Gasteiger partial charge < -0.3 is 19.3 Å². The number of ether oxygens (including phenoxy) is 2. The zero-order valence-corrected chi connectivity index (χ0v) is 11.3. The first kappa shape index (κ1) is 13.1. The summed E-state index contributed by atoms with van der Waals surface area (Å²) in [6.45, 7) is 1.41. The van der Waals surface area contributed by atoms with Crippen LogP contribution >= 0.6 is 0 Å². The molecule has 0 bridgehead atoms. The van der Waals surface area contributed by atoms with E-state index in [1.165, 1.54) is 0 Å². The van der Waals surface area contributed by atoms with Gasteiger partial charge >= 0.3 is 0 Å². The highest BCUT2D eigenvalue weighted by molar-refractivity contribution is 6.07. The highest BCUT2D eigenvalue weighted by atomic mass is 16.6. The molecule has 2 atom stereocenters. The number of likely N-dealkylation sites (N-methyl/N-ethyl adjacent to an activating group) is 2. The minimum atomic E-state index is 0.0102. The lowest BCUT2D eigenvalue weighted by Crippen LogP contribution is -2.27. The van der Waals surface area contributed by atoms with E-state index in [0.717, 1.165) is 0 Å². The molecule has 0 aromatic heterocycles. The molecule has 2 heterocycles. The third kappa shape index (κ3) is 3.34. The van der Waals surface area contributed by atoms with Crippen molar-refractivity contribution >= 4 is 5.78 Å². The van der Waals surface area contributed by atoms with Crippen LogP contribution < -0.4 is 0 Å². The number of nitrogens with zero attached hydrogens (tertiary/aromatic N) is 2. The van der Waals surface area contributed by atoms with Gasteiger partial charge in [-0.05, 0) is 12.2 Å². The fourth-order valence-electron chi connectivity index (χ4n) is 1.64. The van der Waals surface area contributed by atoms with Crippen LogP contribution in [-0.2, 0) is 14.3 Å². The predicted octanol–water partition coefficient (Wildman–Crippen LogP) is 0.244. The van der Waals surface area contributed by atoms with Crippen molar-refractivity contribution < 1.29 is 14.3 Å². The van der Waals surface area contributed by atoms with Gasteiger partial charge in [0, 0.05) is 28.2 Å². The average Bonchev–Trinajstić information content (AvgIpc) is 3.14. The number of hydrogen-bond donors (Lipinski definition) is 0. The van der Waals surface area contributed by atoms with Gasteiger partial charge in [-0.25, -0.2) is 0 Å². The molecule has 0 saturated carbocycles. The lowest BCUT2D eigenvalue weighted by Gasteiger charge is -2.21. The summed E-state index contributed by atoms with van der Waals surface area (Å²) < 4.78 is 10.3. The smallest absolute Gasteiger partial charge is 0.224 e. The zero-order valence-electron chi connectivity index (χ0n) is 11.3. The lowest BCUT2D eigenvalue weighted by atomic mass is 10.1. The molecule has 2 fully saturated rings. The number of ketones is 1. The van der Waals surface area contributed by atoms with Crippen molar-refractivity contribution in [2.45, 2.75) is 12.2 Å². The number of carbonyl (C=O) groups excluding carboxylic acids is 1. The van der Waals surface area contributed by atoms with E-state index in [2.05, 4.69) is 0 Å². The maximum Gasteiger partial charge on any atom is 0.224 e. The van der Waals surface area contributed by atoms with Gasteiger partial charge in [0.2, 0.25) is 5.78 Å². The van der Waals surface area contributed by atoms with Crippen molar-refractivity contribution in [3.63, 3.8) is 0 Å². The molecule has 18 heavy (non-hydrogen) atoms. The SMILES string of the molecule is CN(C)/C(=C\C1CO1)C(=O)/C(=C/C1CO1)N(C)C. The first-order chi connectivity index (χ1) is 8.49. The zero-order chi connectivity index (χ0) is 13.3. The van der Waals surface area contributed by atoms with Crippen molar-refractivity contribution in [3.05, 3.63) is 23.5 Å². The van der Waals surface area contributed by atoms with Crippen LogP contribution in [0.25, 0.3) is 0 Å². The van der Waals surface area contributed by atoms with Gasteiger partial charge in [-0.2, -0.15) is 0 Å². The van der Waals surface area contributed by atoms with E-state index in [1.54, 1.807) is 0 Å². The number of carbonyl (C=O) groups is 1. The van der Waals surface area contributed by atoms with Crippen molar-refractivity contribution in [1.29, 1.82) is 0 Å². The molecule has 5 heteroatoms. The van der Waals surface area contributed by atoms with E-state index in [4.69, 9.17) is 9.47 Å². The first-order valence-electron chi connectivity index (χ1n) is 6.05. The number of hydrogen-bond acceptors (Lipinski definition) is 5. The predicted molar refractivity (Wildman–Crippen MR) is 68.0 cm³/mol. The largest absolute Gasteiger partial charge is 0.375 e. The van der Waals surface area contributed by atoms with Gasteiger partial charge in [0.1, 0.15) is 12.2 Å². The number of epoxide rings is 2. The van der Waals surface area contributed by atoms with Gasteiger partial charge in [0.05, 0.1) is 24.6 Å². The minimum absolute atomic E-state index is 0.0102. The molecule has 0 N–H and O–H groups in total. The molecule has 0 amide bonds. The second-order valence-corrected chi connectivity index (χ2v) is 4.97. The molecular weight excluding hydrogens is 232 g/mol. The first-order valence-corrected chi connectivity index (χ1v) is 6.05. The minimum Gasteiger partial charge on any atom is -0.375 e. The van der Waals surface area contributed by atoms with E-state index >= 15 is 0 Å². The molecule has 2 saturated heterocycles. The lowest BCUT2D eigenvalue weighted by molar-refractivity contribution is -0.114. The van der Waals surface area contributed by atoms with Gasteiger partial charge in [-0.1, -0.05) is 0 Å². The Bertz CT molecular complexity index is 355. The monoisotopic (exact) mass is 252 g/mol. The van der Waals surface area contributed by atoms with E-state index < -0.39 is 0 Å². The van der Waals surface area contributed by atoms with Crippen molar-refractivity contribution in [1.82, 2.24) is 9.80 Å². The summed E-state index contributed by atoms with van der Waals surface area (Å²) >= 11 is 0. The summed E-state index contributed by atoms with van der Waals surface area (Å²) in [6.07, 6.45) is 3.94. The Morgan fingerprint density at radius 3 is 1.50 bits per heavy atom. The third-order valence-corrected chi connectivity index (χ3v) is 2.83. The normalized spacial score (nSPS) is 26.9. The second kappa shape index (κ2) is 5.12. The number of Topliss-reactive ketones (excluding diaryl/α,β-unsaturated/α-hetero) is 1. The average molecular weight is 252 g/mol. The summed E-state index contributed by atoms with van der Waals surface area (Å²) in [4.78, 5) is 16.2. The second-order valence-electron chi connectivity index (χ2n) is 4.97. The van der Waals surface area contributed by atoms with E-state index in [-0.39, 0.29) is 18.0 Å². The maximum atomic E-state index is 12.5. The molecule has 5 nitrogen and oxygen atoms in total. The third-order valence-electron chi connectivity index (χ3n) is 2.83. The number of rotatable bonds is 6. The standard InChI is InChI=1S/C13H20N2O3/c1-14(2)11(5-9-7-17-9)13(16)12(15(3)4)6-10-8-18-10/h5-6,9-10H,7-8H2,1-4H3/b11-5-,12-6-.